The highest BCUT2D eigenvalue weighted by Gasteiger charge is 2.56. The highest BCUT2D eigenvalue weighted by atomic mass is 32.2. The molecule has 33 heavy (non-hydrogen) atoms. The van der Waals surface area contributed by atoms with Gasteiger partial charge >= 0.3 is 6.08 Å². The minimum absolute atomic E-state index is 0.0337. The van der Waals surface area contributed by atoms with E-state index in [1.165, 1.54) is 23.0 Å². The number of aromatic nitrogens is 4. The molecule has 2 aliphatic rings. The topological polar surface area (TPSA) is 141 Å². The van der Waals surface area contributed by atoms with Crippen LogP contribution in [0.15, 0.2) is 35.5 Å². The second-order valence-corrected chi connectivity index (χ2v) is 10.00. The van der Waals surface area contributed by atoms with Crippen LogP contribution in [0.25, 0.3) is 11.2 Å². The molecule has 2 aliphatic heterocycles. The third-order valence-electron chi connectivity index (χ3n) is 5.52. The summed E-state index contributed by atoms with van der Waals surface area (Å²) in [5.41, 5.74) is 7.00. The smallest absolute Gasteiger partial charge is 0.312 e. The average molecular weight is 479 g/mol. The Hall–Kier alpha value is -2.71. The molecule has 0 aliphatic carbocycles. The van der Waals surface area contributed by atoms with E-state index in [0.29, 0.717) is 0 Å². The van der Waals surface area contributed by atoms with E-state index in [9.17, 15) is 12.8 Å². The van der Waals surface area contributed by atoms with Crippen molar-refractivity contribution in [2.24, 2.45) is 0 Å². The predicted octanol–water partition coefficient (Wildman–Crippen LogP) is 1.68. The zero-order chi connectivity index (χ0) is 23.5. The number of nitrogen functional groups attached to an aromatic ring is 1. The Kier molecular flexibility index (Phi) is 5.14. The van der Waals surface area contributed by atoms with Gasteiger partial charge in [0.15, 0.2) is 29.0 Å². The van der Waals surface area contributed by atoms with Gasteiger partial charge < -0.3 is 19.9 Å². The van der Waals surface area contributed by atoms with Crippen molar-refractivity contribution in [2.75, 3.05) is 12.3 Å². The first-order valence-electron chi connectivity index (χ1n) is 10.2. The van der Waals surface area contributed by atoms with Crippen molar-refractivity contribution in [1.29, 1.82) is 0 Å². The van der Waals surface area contributed by atoms with E-state index < -0.39 is 46.5 Å². The number of nitrogens with two attached hydrogens (primary N) is 1. The molecule has 0 unspecified atom stereocenters. The SMILES string of the molecule is Cc1ccc(S(=O)(=O)OC[C@H]2O[C@@H](n3cnc4c(N)nc(F)nc43)[C@@H]3OC(C)(C)O[C@@H]32)cc1. The van der Waals surface area contributed by atoms with Gasteiger partial charge in [-0.2, -0.15) is 22.8 Å². The fourth-order valence-electron chi connectivity index (χ4n) is 4.04. The van der Waals surface area contributed by atoms with Crippen LogP contribution in [0, 0.1) is 13.0 Å². The maximum Gasteiger partial charge on any atom is 0.312 e. The molecule has 1 aromatic carbocycles. The molecule has 2 aromatic heterocycles. The molecule has 11 nitrogen and oxygen atoms in total. The van der Waals surface area contributed by atoms with Crippen LogP contribution in [0.2, 0.25) is 0 Å². The first kappa shape index (κ1) is 22.1. The number of rotatable bonds is 5. The van der Waals surface area contributed by atoms with Crippen LogP contribution in [0.5, 0.6) is 0 Å². The fourth-order valence-corrected chi connectivity index (χ4v) is 4.96. The Morgan fingerprint density at radius 3 is 2.61 bits per heavy atom. The van der Waals surface area contributed by atoms with Crippen LogP contribution < -0.4 is 5.73 Å². The maximum absolute atomic E-state index is 13.8. The number of hydrogen-bond donors (Lipinski definition) is 1. The molecular weight excluding hydrogens is 457 g/mol. The number of hydrogen-bond acceptors (Lipinski definition) is 10. The molecule has 0 spiro atoms. The second kappa shape index (κ2) is 7.67. The van der Waals surface area contributed by atoms with Crippen LogP contribution in [0.1, 0.15) is 25.6 Å². The quantitative estimate of drug-likeness (QED) is 0.424. The lowest BCUT2D eigenvalue weighted by molar-refractivity contribution is -0.198. The van der Waals surface area contributed by atoms with Crippen molar-refractivity contribution >= 4 is 27.1 Å². The predicted molar refractivity (Wildman–Crippen MR) is 112 cm³/mol. The largest absolute Gasteiger partial charge is 0.382 e. The van der Waals surface area contributed by atoms with Gasteiger partial charge in [0.25, 0.3) is 10.1 Å². The summed E-state index contributed by atoms with van der Waals surface area (Å²) in [5.74, 6) is -1.07. The molecule has 176 valence electrons. The monoisotopic (exact) mass is 479 g/mol. The Morgan fingerprint density at radius 1 is 1.18 bits per heavy atom. The van der Waals surface area contributed by atoms with Gasteiger partial charge in [0, 0.05) is 0 Å². The molecule has 3 aromatic rings. The van der Waals surface area contributed by atoms with Crippen LogP contribution >= 0.6 is 0 Å². The van der Waals surface area contributed by atoms with Crippen molar-refractivity contribution < 1.29 is 31.2 Å². The summed E-state index contributed by atoms with van der Waals surface area (Å²) in [5, 5.41) is 0. The van der Waals surface area contributed by atoms with Crippen LogP contribution in [0.4, 0.5) is 10.2 Å². The Bertz CT molecular complexity index is 1310. The molecule has 5 rings (SSSR count). The van der Waals surface area contributed by atoms with Gasteiger partial charge in [-0.15, -0.1) is 0 Å². The number of fused-ring (bicyclic) bond motifs is 2. The van der Waals surface area contributed by atoms with Crippen LogP contribution in [0.3, 0.4) is 0 Å². The molecule has 0 saturated carbocycles. The molecule has 4 atom stereocenters. The summed E-state index contributed by atoms with van der Waals surface area (Å²) < 4.78 is 63.9. The number of aryl methyl sites for hydroxylation is 1. The minimum atomic E-state index is -4.02. The molecule has 0 amide bonds. The van der Waals surface area contributed by atoms with E-state index in [-0.39, 0.29) is 28.5 Å². The van der Waals surface area contributed by atoms with Crippen LogP contribution in [-0.2, 0) is 28.5 Å². The Balaban J connectivity index is 1.43. The maximum atomic E-state index is 13.8. The summed E-state index contributed by atoms with van der Waals surface area (Å²) >= 11 is 0. The molecule has 2 N–H and O–H groups in total. The summed E-state index contributed by atoms with van der Waals surface area (Å²) in [6.07, 6.45) is -2.58. The molecule has 0 radical (unpaired) electrons. The third-order valence-corrected chi connectivity index (χ3v) is 6.81. The van der Waals surface area contributed by atoms with Gasteiger partial charge in [0.2, 0.25) is 0 Å². The van der Waals surface area contributed by atoms with E-state index in [1.54, 1.807) is 26.0 Å². The van der Waals surface area contributed by atoms with Crippen LogP contribution in [-0.4, -0.2) is 58.6 Å². The molecule has 0 bridgehead atoms. The number of anilines is 1. The lowest BCUT2D eigenvalue weighted by atomic mass is 10.1. The van der Waals surface area contributed by atoms with Crippen molar-refractivity contribution in [1.82, 2.24) is 19.5 Å². The van der Waals surface area contributed by atoms with Gasteiger partial charge in [-0.05, 0) is 32.9 Å². The number of imidazole rings is 1. The highest BCUT2D eigenvalue weighted by Crippen LogP contribution is 2.44. The first-order valence-corrected chi connectivity index (χ1v) is 11.6. The normalized spacial score (nSPS) is 26.7. The highest BCUT2D eigenvalue weighted by molar-refractivity contribution is 7.86. The molecule has 2 fully saturated rings. The number of halogens is 1. The number of ether oxygens (including phenoxy) is 3. The van der Waals surface area contributed by atoms with E-state index in [2.05, 4.69) is 15.0 Å². The average Bonchev–Trinajstić information content (AvgIpc) is 3.37. The fraction of sp³-hybridized carbons (Fsp3) is 0.450. The Labute approximate surface area is 188 Å². The lowest BCUT2D eigenvalue weighted by Crippen LogP contribution is -2.33. The minimum Gasteiger partial charge on any atom is -0.382 e. The number of nitrogens with zero attached hydrogens (tertiary/aromatic N) is 4. The number of benzene rings is 1. The summed E-state index contributed by atoms with van der Waals surface area (Å²) in [4.78, 5) is 11.5. The summed E-state index contributed by atoms with van der Waals surface area (Å²) in [6, 6.07) is 6.31. The van der Waals surface area contributed by atoms with E-state index in [1.807, 2.05) is 6.92 Å². The van der Waals surface area contributed by atoms with Crippen molar-refractivity contribution in [3.8, 4) is 0 Å². The van der Waals surface area contributed by atoms with Gasteiger partial charge in [0.05, 0.1) is 17.8 Å². The van der Waals surface area contributed by atoms with Gasteiger partial charge in [0.1, 0.15) is 18.3 Å². The zero-order valence-corrected chi connectivity index (χ0v) is 18.8. The first-order chi connectivity index (χ1) is 15.5. The standard InChI is InChI=1S/C20H22FN5O6S/c1-10-4-6-11(7-5-10)33(27,28)29-8-12-14-15(32-20(2,3)31-14)18(30-12)26-9-23-13-16(22)24-19(21)25-17(13)26/h4-7,9,12,14-15,18H,8H2,1-3H3,(H2,22,24,25)/t12-,14-,15-,18-/m1/s1. The van der Waals surface area contributed by atoms with Gasteiger partial charge in [-0.25, -0.2) is 4.98 Å². The zero-order valence-electron chi connectivity index (χ0n) is 18.0. The molecule has 13 heteroatoms. The third kappa shape index (κ3) is 3.95. The second-order valence-electron chi connectivity index (χ2n) is 8.38. The summed E-state index contributed by atoms with van der Waals surface area (Å²) in [6.45, 7) is 5.00. The van der Waals surface area contributed by atoms with Gasteiger partial charge in [-0.3, -0.25) is 8.75 Å². The molecule has 2 saturated heterocycles. The molecule has 4 heterocycles. The molecular formula is C20H22FN5O6S. The van der Waals surface area contributed by atoms with E-state index in [4.69, 9.17) is 24.1 Å². The van der Waals surface area contributed by atoms with E-state index >= 15 is 0 Å². The lowest BCUT2D eigenvalue weighted by Gasteiger charge is -2.24. The van der Waals surface area contributed by atoms with Crippen molar-refractivity contribution in [3.63, 3.8) is 0 Å². The van der Waals surface area contributed by atoms with E-state index in [0.717, 1.165) is 5.56 Å². The Morgan fingerprint density at radius 2 is 1.88 bits per heavy atom. The van der Waals surface area contributed by atoms with Gasteiger partial charge in [-0.1, -0.05) is 17.7 Å². The van der Waals surface area contributed by atoms with Crippen molar-refractivity contribution in [3.05, 3.63) is 42.2 Å². The summed E-state index contributed by atoms with van der Waals surface area (Å²) in [7, 11) is -4.02. The van der Waals surface area contributed by atoms with Crippen molar-refractivity contribution in [2.45, 2.75) is 56.0 Å².